The van der Waals surface area contributed by atoms with Gasteiger partial charge >= 0.3 is 0 Å². The van der Waals surface area contributed by atoms with Crippen molar-refractivity contribution in [3.8, 4) is 0 Å². The Labute approximate surface area is 101 Å². The van der Waals surface area contributed by atoms with E-state index in [9.17, 15) is 0 Å². The van der Waals surface area contributed by atoms with Crippen molar-refractivity contribution in [3.05, 3.63) is 23.2 Å². The molecule has 2 aromatic rings. The number of fused-ring (bicyclic) bond motifs is 1. The van der Waals surface area contributed by atoms with E-state index < -0.39 is 0 Å². The first kappa shape index (κ1) is 11.3. The van der Waals surface area contributed by atoms with Crippen molar-refractivity contribution in [2.45, 2.75) is 33.7 Å². The van der Waals surface area contributed by atoms with Crippen LogP contribution in [0.25, 0.3) is 11.0 Å². The molecule has 16 heavy (non-hydrogen) atoms. The summed E-state index contributed by atoms with van der Waals surface area (Å²) in [5.41, 5.74) is 2.41. The van der Waals surface area contributed by atoms with Gasteiger partial charge in [-0.15, -0.1) is 0 Å². The number of hydrogen-bond donors (Lipinski definition) is 1. The zero-order chi connectivity index (χ0) is 11.8. The second kappa shape index (κ2) is 4.01. The minimum Gasteiger partial charge on any atom is -0.329 e. The lowest BCUT2D eigenvalue weighted by Crippen LogP contribution is -2.18. The fourth-order valence-corrected chi connectivity index (χ4v) is 1.98. The van der Waals surface area contributed by atoms with Gasteiger partial charge in [-0.05, 0) is 30.1 Å². The first-order valence-corrected chi connectivity index (χ1v) is 5.97. The Morgan fingerprint density at radius 3 is 2.94 bits per heavy atom. The van der Waals surface area contributed by atoms with Gasteiger partial charge in [0, 0.05) is 12.7 Å². The largest absolute Gasteiger partial charge is 0.329 e. The van der Waals surface area contributed by atoms with Gasteiger partial charge in [0.2, 0.25) is 0 Å². The van der Waals surface area contributed by atoms with Crippen molar-refractivity contribution in [2.75, 3.05) is 0 Å². The molecule has 0 amide bonds. The minimum absolute atomic E-state index is 0.261. The third-order valence-corrected chi connectivity index (χ3v) is 3.44. The molecule has 4 heteroatoms. The molecule has 0 aliphatic rings. The summed E-state index contributed by atoms with van der Waals surface area (Å²) in [4.78, 5) is 7.28. The summed E-state index contributed by atoms with van der Waals surface area (Å²) < 4.78 is 2.94. The summed E-state index contributed by atoms with van der Waals surface area (Å²) in [6.45, 7) is 7.66. The van der Waals surface area contributed by atoms with Crippen LogP contribution in [-0.4, -0.2) is 14.5 Å². The van der Waals surface area contributed by atoms with Gasteiger partial charge in [0.1, 0.15) is 0 Å². The average Bonchev–Trinajstić information content (AvgIpc) is 2.56. The van der Waals surface area contributed by atoms with Crippen LogP contribution in [0.2, 0.25) is 0 Å². The highest BCUT2D eigenvalue weighted by Crippen LogP contribution is 2.24. The monoisotopic (exact) mass is 235 g/mol. The van der Waals surface area contributed by atoms with Crippen molar-refractivity contribution < 1.29 is 0 Å². The number of imidazole rings is 1. The van der Waals surface area contributed by atoms with Crippen LogP contribution in [0, 0.1) is 10.2 Å². The molecule has 0 saturated heterocycles. The van der Waals surface area contributed by atoms with E-state index in [1.807, 2.05) is 12.3 Å². The van der Waals surface area contributed by atoms with Crippen molar-refractivity contribution >= 4 is 23.3 Å². The zero-order valence-corrected chi connectivity index (χ0v) is 10.8. The lowest BCUT2D eigenvalue weighted by atomic mass is 9.90. The third-order valence-electron chi connectivity index (χ3n) is 3.12. The molecular weight excluding hydrogens is 218 g/mol. The maximum atomic E-state index is 5.35. The Bertz CT molecular complexity index is 551. The summed E-state index contributed by atoms with van der Waals surface area (Å²) in [5.74, 6) is 0. The lowest BCUT2D eigenvalue weighted by Gasteiger charge is -2.23. The Balaban J connectivity index is 2.52. The second-order valence-corrected chi connectivity index (χ2v) is 5.31. The van der Waals surface area contributed by atoms with Crippen molar-refractivity contribution in [1.29, 1.82) is 0 Å². The molecule has 0 aromatic carbocycles. The van der Waals surface area contributed by atoms with Gasteiger partial charge in [-0.1, -0.05) is 20.8 Å². The van der Waals surface area contributed by atoms with Crippen LogP contribution in [0.15, 0.2) is 18.5 Å². The number of nitrogens with one attached hydrogen (secondary N) is 1. The predicted molar refractivity (Wildman–Crippen MR) is 69.0 cm³/mol. The van der Waals surface area contributed by atoms with Gasteiger partial charge in [-0.2, -0.15) is 0 Å². The van der Waals surface area contributed by atoms with Gasteiger partial charge in [0.15, 0.2) is 4.77 Å². The number of nitrogens with zero attached hydrogens (tertiary/aromatic N) is 2. The average molecular weight is 235 g/mol. The topological polar surface area (TPSA) is 33.6 Å². The van der Waals surface area contributed by atoms with E-state index in [0.29, 0.717) is 0 Å². The molecule has 0 aliphatic heterocycles. The first-order chi connectivity index (χ1) is 7.53. The number of pyridine rings is 1. The summed E-state index contributed by atoms with van der Waals surface area (Å²) in [7, 11) is 0. The molecule has 0 bridgehead atoms. The number of hydrogen-bond acceptors (Lipinski definition) is 2. The van der Waals surface area contributed by atoms with Crippen LogP contribution in [0.1, 0.15) is 27.2 Å². The number of rotatable bonds is 3. The van der Waals surface area contributed by atoms with Crippen molar-refractivity contribution in [3.63, 3.8) is 0 Å². The second-order valence-electron chi connectivity index (χ2n) is 4.93. The maximum absolute atomic E-state index is 5.35. The molecule has 1 N–H and O–H groups in total. The third kappa shape index (κ3) is 2.02. The molecule has 2 heterocycles. The molecule has 2 aromatic heterocycles. The molecule has 2 rings (SSSR count). The molecule has 0 fully saturated rings. The summed E-state index contributed by atoms with van der Waals surface area (Å²) in [6.07, 6.45) is 4.76. The smallest absolute Gasteiger partial charge is 0.178 e. The molecule has 0 saturated carbocycles. The Morgan fingerprint density at radius 1 is 1.50 bits per heavy atom. The fourth-order valence-electron chi connectivity index (χ4n) is 1.71. The van der Waals surface area contributed by atoms with Crippen LogP contribution in [-0.2, 0) is 6.54 Å². The standard InChI is InChI=1S/C12H17N3S/c1-4-12(2,3)8-15-10-5-6-13-7-9(10)14-11(15)16/h5-7H,4,8H2,1-3H3,(H,14,16). The van der Waals surface area contributed by atoms with E-state index >= 15 is 0 Å². The predicted octanol–water partition coefficient (Wildman–Crippen LogP) is 3.53. The molecule has 0 spiro atoms. The van der Waals surface area contributed by atoms with Gasteiger partial charge < -0.3 is 9.55 Å². The van der Waals surface area contributed by atoms with E-state index in [4.69, 9.17) is 12.2 Å². The molecule has 0 radical (unpaired) electrons. The molecule has 0 unspecified atom stereocenters. The number of H-pyrrole nitrogens is 1. The van der Waals surface area contributed by atoms with Crippen LogP contribution in [0.5, 0.6) is 0 Å². The minimum atomic E-state index is 0.261. The van der Waals surface area contributed by atoms with E-state index in [2.05, 4.69) is 35.3 Å². The van der Waals surface area contributed by atoms with E-state index in [1.54, 1.807) is 6.20 Å². The van der Waals surface area contributed by atoms with Crippen LogP contribution in [0.4, 0.5) is 0 Å². The maximum Gasteiger partial charge on any atom is 0.178 e. The zero-order valence-electron chi connectivity index (χ0n) is 9.95. The van der Waals surface area contributed by atoms with E-state index in [1.165, 1.54) is 0 Å². The van der Waals surface area contributed by atoms with E-state index in [0.717, 1.165) is 28.8 Å². The SMILES string of the molecule is CCC(C)(C)Cn1c(=S)[nH]c2cnccc21. The number of aromatic nitrogens is 3. The van der Waals surface area contributed by atoms with Crippen LogP contribution < -0.4 is 0 Å². The van der Waals surface area contributed by atoms with Gasteiger partial charge in [0.25, 0.3) is 0 Å². The van der Waals surface area contributed by atoms with Crippen LogP contribution >= 0.6 is 12.2 Å². The molecule has 3 nitrogen and oxygen atoms in total. The van der Waals surface area contributed by atoms with Crippen LogP contribution in [0.3, 0.4) is 0 Å². The van der Waals surface area contributed by atoms with Crippen molar-refractivity contribution in [2.24, 2.45) is 5.41 Å². The van der Waals surface area contributed by atoms with Gasteiger partial charge in [-0.3, -0.25) is 4.98 Å². The number of aromatic amines is 1. The Kier molecular flexibility index (Phi) is 2.84. The summed E-state index contributed by atoms with van der Waals surface area (Å²) in [6, 6.07) is 2.01. The lowest BCUT2D eigenvalue weighted by molar-refractivity contribution is 0.297. The highest BCUT2D eigenvalue weighted by Gasteiger charge is 2.17. The fraction of sp³-hybridized carbons (Fsp3) is 0.500. The molecule has 0 aliphatic carbocycles. The summed E-state index contributed by atoms with van der Waals surface area (Å²) in [5, 5.41) is 0. The quantitative estimate of drug-likeness (QED) is 0.826. The highest BCUT2D eigenvalue weighted by molar-refractivity contribution is 7.71. The molecular formula is C12H17N3S. The molecule has 86 valence electrons. The Morgan fingerprint density at radius 2 is 2.25 bits per heavy atom. The summed E-state index contributed by atoms with van der Waals surface area (Å²) >= 11 is 5.35. The molecule has 0 atom stereocenters. The highest BCUT2D eigenvalue weighted by atomic mass is 32.1. The first-order valence-electron chi connectivity index (χ1n) is 5.56. The van der Waals surface area contributed by atoms with E-state index in [-0.39, 0.29) is 5.41 Å². The normalized spacial score (nSPS) is 12.2. The Hall–Kier alpha value is -1.16. The van der Waals surface area contributed by atoms with Gasteiger partial charge in [-0.25, -0.2) is 0 Å². The van der Waals surface area contributed by atoms with Crippen molar-refractivity contribution in [1.82, 2.24) is 14.5 Å². The van der Waals surface area contributed by atoms with Gasteiger partial charge in [0.05, 0.1) is 17.2 Å².